The van der Waals surface area contributed by atoms with Crippen LogP contribution in [0.1, 0.15) is 31.9 Å². The lowest BCUT2D eigenvalue weighted by atomic mass is 10.0. The fraction of sp³-hybridized carbons (Fsp3) is 0.333. The van der Waals surface area contributed by atoms with E-state index in [1.54, 1.807) is 36.4 Å². The van der Waals surface area contributed by atoms with Crippen LogP contribution in [-0.4, -0.2) is 49.1 Å². The van der Waals surface area contributed by atoms with Crippen molar-refractivity contribution in [3.05, 3.63) is 87.9 Å². The molecule has 0 saturated carbocycles. The highest BCUT2D eigenvalue weighted by Gasteiger charge is 2.33. The van der Waals surface area contributed by atoms with E-state index in [1.165, 1.54) is 19.1 Å². The fourth-order valence-electron chi connectivity index (χ4n) is 3.95. The topological polar surface area (TPSA) is 77.1 Å². The van der Waals surface area contributed by atoms with E-state index in [-0.39, 0.29) is 25.5 Å². The third kappa shape index (κ3) is 8.80. The van der Waals surface area contributed by atoms with E-state index in [2.05, 4.69) is 5.32 Å². The summed E-state index contributed by atoms with van der Waals surface area (Å²) in [4.78, 5) is 29.0. The van der Waals surface area contributed by atoms with Crippen molar-refractivity contribution in [2.45, 2.75) is 45.3 Å². The second kappa shape index (κ2) is 13.6. The summed E-state index contributed by atoms with van der Waals surface area (Å²) >= 11 is 13.0. The maximum Gasteiger partial charge on any atom is 0.261 e. The van der Waals surface area contributed by atoms with E-state index in [9.17, 15) is 9.59 Å². The number of halogens is 2. The van der Waals surface area contributed by atoms with Gasteiger partial charge in [-0.05, 0) is 38.5 Å². The van der Waals surface area contributed by atoms with Gasteiger partial charge in [0.1, 0.15) is 23.3 Å². The number of hydrogen-bond donors (Lipinski definition) is 1. The van der Waals surface area contributed by atoms with Crippen LogP contribution in [-0.2, 0) is 22.6 Å². The van der Waals surface area contributed by atoms with Crippen molar-refractivity contribution >= 4 is 35.0 Å². The van der Waals surface area contributed by atoms with Crippen LogP contribution in [0.25, 0.3) is 0 Å². The van der Waals surface area contributed by atoms with Gasteiger partial charge in [0.25, 0.3) is 5.91 Å². The number of nitrogens with zero attached hydrogens (tertiary/aromatic N) is 1. The first-order valence-electron chi connectivity index (χ1n) is 12.4. The molecule has 1 N–H and O–H groups in total. The summed E-state index contributed by atoms with van der Waals surface area (Å²) in [6.07, 6.45) is 0.281. The van der Waals surface area contributed by atoms with Crippen molar-refractivity contribution in [1.29, 1.82) is 0 Å². The lowest BCUT2D eigenvalue weighted by Gasteiger charge is -2.34. The molecular weight excluding hydrogens is 539 g/mol. The van der Waals surface area contributed by atoms with Crippen molar-refractivity contribution in [2.75, 3.05) is 20.8 Å². The van der Waals surface area contributed by atoms with Crippen LogP contribution in [0.2, 0.25) is 10.0 Å². The van der Waals surface area contributed by atoms with Gasteiger partial charge in [-0.15, -0.1) is 0 Å². The van der Waals surface area contributed by atoms with Gasteiger partial charge in [-0.1, -0.05) is 59.6 Å². The third-order valence-electron chi connectivity index (χ3n) is 5.85. The first kappa shape index (κ1) is 30.1. The summed E-state index contributed by atoms with van der Waals surface area (Å²) in [6.45, 7) is 5.34. The Morgan fingerprint density at radius 3 is 1.97 bits per heavy atom. The van der Waals surface area contributed by atoms with Crippen LogP contribution in [0, 0.1) is 0 Å². The van der Waals surface area contributed by atoms with Crippen LogP contribution in [0.3, 0.4) is 0 Å². The van der Waals surface area contributed by atoms with Gasteiger partial charge >= 0.3 is 0 Å². The molecule has 0 spiro atoms. The number of hydrogen-bond acceptors (Lipinski definition) is 5. The van der Waals surface area contributed by atoms with Crippen LogP contribution in [0.5, 0.6) is 17.2 Å². The highest BCUT2D eigenvalue weighted by atomic mass is 35.5. The minimum atomic E-state index is -0.866. The van der Waals surface area contributed by atoms with E-state index < -0.39 is 17.5 Å². The lowest BCUT2D eigenvalue weighted by Crippen LogP contribution is -2.55. The molecule has 3 aromatic rings. The van der Waals surface area contributed by atoms with Gasteiger partial charge < -0.3 is 24.4 Å². The average Bonchev–Trinajstić information content (AvgIpc) is 2.90. The number of nitrogens with one attached hydrogen (secondary N) is 1. The minimum absolute atomic E-state index is 0.0111. The SMILES string of the molecule is COc1cc(OC)cc(OCC(=O)N(Cc2c(Cl)cccc2Cl)[C@@H](Cc2ccccc2)C(=O)NC(C)(C)C)c1. The molecule has 0 aromatic heterocycles. The van der Waals surface area contributed by atoms with Crippen molar-refractivity contribution in [1.82, 2.24) is 10.2 Å². The van der Waals surface area contributed by atoms with E-state index in [0.717, 1.165) is 5.56 Å². The van der Waals surface area contributed by atoms with Gasteiger partial charge in [-0.25, -0.2) is 0 Å². The summed E-state index contributed by atoms with van der Waals surface area (Å²) in [7, 11) is 3.06. The Labute approximate surface area is 240 Å². The summed E-state index contributed by atoms with van der Waals surface area (Å²) in [5, 5.41) is 3.81. The quantitative estimate of drug-likeness (QED) is 0.307. The molecule has 0 aliphatic rings. The van der Waals surface area contributed by atoms with Crippen LogP contribution in [0.15, 0.2) is 66.7 Å². The zero-order chi connectivity index (χ0) is 28.6. The van der Waals surface area contributed by atoms with E-state index in [0.29, 0.717) is 32.9 Å². The number of carbonyl (C=O) groups is 2. The number of amides is 2. The standard InChI is InChI=1S/C30H34Cl2N2O5/c1-30(2,3)33-29(36)27(14-20-10-7-6-8-11-20)34(18-24-25(31)12-9-13-26(24)32)28(35)19-39-23-16-21(37-4)15-22(17-23)38-5/h6-13,15-17,27H,14,18-19H2,1-5H3,(H,33,36)/t27-/m0/s1. The Hall–Kier alpha value is -3.42. The Morgan fingerprint density at radius 1 is 0.872 bits per heavy atom. The zero-order valence-corrected chi connectivity index (χ0v) is 24.3. The Morgan fingerprint density at radius 2 is 1.44 bits per heavy atom. The molecule has 9 heteroatoms. The first-order valence-corrected chi connectivity index (χ1v) is 13.2. The molecule has 3 aromatic carbocycles. The largest absolute Gasteiger partial charge is 0.496 e. The second-order valence-electron chi connectivity index (χ2n) is 10.0. The number of carbonyl (C=O) groups excluding carboxylic acids is 2. The second-order valence-corrected chi connectivity index (χ2v) is 10.8. The van der Waals surface area contributed by atoms with Gasteiger partial charge in [-0.3, -0.25) is 9.59 Å². The number of ether oxygens (including phenoxy) is 3. The summed E-state index contributed by atoms with van der Waals surface area (Å²) in [6, 6.07) is 18.8. The predicted molar refractivity (Wildman–Crippen MR) is 154 cm³/mol. The van der Waals surface area contributed by atoms with Gasteiger partial charge in [0, 0.05) is 52.3 Å². The Kier molecular flexibility index (Phi) is 10.5. The number of rotatable bonds is 11. The monoisotopic (exact) mass is 572 g/mol. The lowest BCUT2D eigenvalue weighted by molar-refractivity contribution is -0.143. The molecule has 0 saturated heterocycles. The van der Waals surface area contributed by atoms with Crippen LogP contribution in [0.4, 0.5) is 0 Å². The van der Waals surface area contributed by atoms with Crippen LogP contribution < -0.4 is 19.5 Å². The molecule has 0 bridgehead atoms. The summed E-state index contributed by atoms with van der Waals surface area (Å²) in [5.41, 5.74) is 0.920. The third-order valence-corrected chi connectivity index (χ3v) is 6.55. The van der Waals surface area contributed by atoms with Crippen molar-refractivity contribution in [2.24, 2.45) is 0 Å². The predicted octanol–water partition coefficient (Wildman–Crippen LogP) is 5.94. The molecule has 7 nitrogen and oxygen atoms in total. The normalized spacial score (nSPS) is 11.9. The molecule has 2 amide bonds. The highest BCUT2D eigenvalue weighted by molar-refractivity contribution is 6.36. The maximum absolute atomic E-state index is 13.8. The molecule has 0 heterocycles. The molecule has 0 unspecified atom stereocenters. The molecule has 39 heavy (non-hydrogen) atoms. The highest BCUT2D eigenvalue weighted by Crippen LogP contribution is 2.29. The van der Waals surface area contributed by atoms with Crippen molar-refractivity contribution < 1.29 is 23.8 Å². The molecule has 208 valence electrons. The molecule has 0 fully saturated rings. The molecule has 1 atom stereocenters. The summed E-state index contributed by atoms with van der Waals surface area (Å²) < 4.78 is 16.5. The van der Waals surface area contributed by atoms with Gasteiger partial charge in [0.15, 0.2) is 6.61 Å². The van der Waals surface area contributed by atoms with E-state index in [4.69, 9.17) is 37.4 Å². The zero-order valence-electron chi connectivity index (χ0n) is 22.8. The smallest absolute Gasteiger partial charge is 0.261 e. The minimum Gasteiger partial charge on any atom is -0.496 e. The van der Waals surface area contributed by atoms with Gasteiger partial charge in [0.05, 0.1) is 14.2 Å². The molecular formula is C30H34Cl2N2O5. The molecule has 0 aliphatic heterocycles. The number of methoxy groups -OCH3 is 2. The molecule has 0 aliphatic carbocycles. The Balaban J connectivity index is 1.99. The molecule has 3 rings (SSSR count). The first-order chi connectivity index (χ1) is 18.5. The fourth-order valence-corrected chi connectivity index (χ4v) is 4.47. The van der Waals surface area contributed by atoms with Crippen molar-refractivity contribution in [3.8, 4) is 17.2 Å². The average molecular weight is 574 g/mol. The van der Waals surface area contributed by atoms with Crippen LogP contribution >= 0.6 is 23.2 Å². The Bertz CT molecular complexity index is 1240. The van der Waals surface area contributed by atoms with Gasteiger partial charge in [0.2, 0.25) is 5.91 Å². The summed E-state index contributed by atoms with van der Waals surface area (Å²) in [5.74, 6) is 0.698. The van der Waals surface area contributed by atoms with E-state index >= 15 is 0 Å². The number of benzene rings is 3. The van der Waals surface area contributed by atoms with Crippen molar-refractivity contribution in [3.63, 3.8) is 0 Å². The van der Waals surface area contributed by atoms with E-state index in [1.807, 2.05) is 51.1 Å². The van der Waals surface area contributed by atoms with Gasteiger partial charge in [-0.2, -0.15) is 0 Å². The molecule has 0 radical (unpaired) electrons. The maximum atomic E-state index is 13.8.